The van der Waals surface area contributed by atoms with Gasteiger partial charge in [-0.05, 0) is 18.8 Å². The van der Waals surface area contributed by atoms with Gasteiger partial charge in [0.1, 0.15) is 0 Å². The Bertz CT molecular complexity index is 240. The van der Waals surface area contributed by atoms with Crippen LogP contribution in [-0.4, -0.2) is 36.5 Å². The fraction of sp³-hybridized carbons (Fsp3) is 1.00. The van der Waals surface area contributed by atoms with Crippen molar-refractivity contribution in [2.45, 2.75) is 12.8 Å². The van der Waals surface area contributed by atoms with E-state index in [4.69, 9.17) is 0 Å². The molecule has 0 amide bonds. The molecule has 72 valence electrons. The number of piperidine rings is 1. The molecule has 0 radical (unpaired) electrons. The lowest BCUT2D eigenvalue weighted by Gasteiger charge is -2.29. The molecule has 0 spiro atoms. The van der Waals surface area contributed by atoms with E-state index >= 15 is 0 Å². The minimum atomic E-state index is -2.94. The van der Waals surface area contributed by atoms with E-state index in [0.717, 1.165) is 17.4 Å². The smallest absolute Gasteiger partial charge is 0.211 e. The summed E-state index contributed by atoms with van der Waals surface area (Å²) in [6.45, 7) is 1.44. The number of halogens is 1. The van der Waals surface area contributed by atoms with Gasteiger partial charge in [0, 0.05) is 17.5 Å². The van der Waals surface area contributed by atoms with Crippen molar-refractivity contribution in [3.8, 4) is 0 Å². The summed E-state index contributed by atoms with van der Waals surface area (Å²) in [4.78, 5) is 0. The average Bonchev–Trinajstić information content (AvgIpc) is 2.03. The summed E-state index contributed by atoms with van der Waals surface area (Å²) in [5.41, 5.74) is 0. The molecule has 1 heterocycles. The molecule has 0 aromatic carbocycles. The van der Waals surface area contributed by atoms with Gasteiger partial charge in [-0.25, -0.2) is 12.7 Å². The molecule has 1 rings (SSSR count). The second kappa shape index (κ2) is 4.23. The predicted molar refractivity (Wildman–Crippen MR) is 58.0 cm³/mol. The van der Waals surface area contributed by atoms with Crippen LogP contribution in [0.1, 0.15) is 12.8 Å². The van der Waals surface area contributed by atoms with Crippen molar-refractivity contribution < 1.29 is 8.42 Å². The van der Waals surface area contributed by atoms with Crippen molar-refractivity contribution in [2.75, 3.05) is 23.8 Å². The molecule has 3 nitrogen and oxygen atoms in total. The van der Waals surface area contributed by atoms with Gasteiger partial charge in [-0.2, -0.15) is 0 Å². The first-order valence-corrected chi connectivity index (χ1v) is 7.42. The summed E-state index contributed by atoms with van der Waals surface area (Å²) < 4.78 is 25.0. The Morgan fingerprint density at radius 3 is 2.75 bits per heavy atom. The van der Waals surface area contributed by atoms with Crippen LogP contribution >= 0.6 is 22.6 Å². The standard InChI is InChI=1S/C7H14INO2S/c1-12(10,11)9-4-2-3-7(5-8)6-9/h7H,2-6H2,1H3. The largest absolute Gasteiger partial charge is 0.213 e. The summed E-state index contributed by atoms with van der Waals surface area (Å²) in [7, 11) is -2.94. The van der Waals surface area contributed by atoms with E-state index < -0.39 is 10.0 Å². The molecule has 0 aromatic rings. The first-order valence-electron chi connectivity index (χ1n) is 4.05. The molecular weight excluding hydrogens is 289 g/mol. The fourth-order valence-corrected chi connectivity index (χ4v) is 3.12. The van der Waals surface area contributed by atoms with Crippen LogP contribution in [0.2, 0.25) is 0 Å². The zero-order valence-corrected chi connectivity index (χ0v) is 10.1. The van der Waals surface area contributed by atoms with Gasteiger partial charge in [0.15, 0.2) is 0 Å². The minimum Gasteiger partial charge on any atom is -0.213 e. The number of hydrogen-bond acceptors (Lipinski definition) is 2. The highest BCUT2D eigenvalue weighted by atomic mass is 127. The SMILES string of the molecule is CS(=O)(=O)N1CCCC(CI)C1. The van der Waals surface area contributed by atoms with Gasteiger partial charge >= 0.3 is 0 Å². The van der Waals surface area contributed by atoms with Crippen LogP contribution in [0.4, 0.5) is 0 Å². The van der Waals surface area contributed by atoms with Crippen molar-refractivity contribution in [1.29, 1.82) is 0 Å². The van der Waals surface area contributed by atoms with E-state index in [0.29, 0.717) is 12.5 Å². The molecule has 1 fully saturated rings. The van der Waals surface area contributed by atoms with Crippen molar-refractivity contribution in [3.63, 3.8) is 0 Å². The fourth-order valence-electron chi connectivity index (χ4n) is 1.45. The number of rotatable bonds is 2. The molecule has 0 saturated carbocycles. The minimum absolute atomic E-state index is 0.564. The van der Waals surface area contributed by atoms with Crippen LogP contribution in [0.5, 0.6) is 0 Å². The van der Waals surface area contributed by atoms with E-state index in [1.54, 1.807) is 4.31 Å². The zero-order valence-electron chi connectivity index (χ0n) is 7.16. The summed E-state index contributed by atoms with van der Waals surface area (Å²) in [5.74, 6) is 0.564. The molecule has 0 aromatic heterocycles. The Kier molecular flexibility index (Phi) is 3.78. The molecule has 1 atom stereocenters. The Morgan fingerprint density at radius 1 is 1.58 bits per heavy atom. The monoisotopic (exact) mass is 303 g/mol. The molecule has 0 bridgehead atoms. The summed E-state index contributed by atoms with van der Waals surface area (Å²) in [5, 5.41) is 0. The maximum atomic E-state index is 11.2. The maximum absolute atomic E-state index is 11.2. The highest BCUT2D eigenvalue weighted by Gasteiger charge is 2.24. The molecule has 1 saturated heterocycles. The third-order valence-corrected chi connectivity index (χ3v) is 4.68. The van der Waals surface area contributed by atoms with Crippen LogP contribution in [0, 0.1) is 5.92 Å². The summed E-state index contributed by atoms with van der Waals surface area (Å²) in [6.07, 6.45) is 3.48. The third kappa shape index (κ3) is 2.85. The lowest BCUT2D eigenvalue weighted by atomic mass is 10.0. The van der Waals surface area contributed by atoms with Gasteiger partial charge in [0.05, 0.1) is 6.26 Å². The normalized spacial score (nSPS) is 27.3. The summed E-state index contributed by atoms with van der Waals surface area (Å²) >= 11 is 2.32. The summed E-state index contributed by atoms with van der Waals surface area (Å²) in [6, 6.07) is 0. The Hall–Kier alpha value is 0.640. The molecule has 1 unspecified atom stereocenters. The highest BCUT2D eigenvalue weighted by molar-refractivity contribution is 14.1. The molecule has 0 aliphatic carbocycles. The van der Waals surface area contributed by atoms with Crippen molar-refractivity contribution in [2.24, 2.45) is 5.92 Å². The van der Waals surface area contributed by atoms with Crippen molar-refractivity contribution >= 4 is 32.6 Å². The zero-order chi connectivity index (χ0) is 9.19. The number of alkyl halides is 1. The molecule has 5 heteroatoms. The maximum Gasteiger partial charge on any atom is 0.211 e. The van der Waals surface area contributed by atoms with Crippen LogP contribution in [0.15, 0.2) is 0 Å². The number of sulfonamides is 1. The van der Waals surface area contributed by atoms with Gasteiger partial charge in [0.2, 0.25) is 10.0 Å². The van der Waals surface area contributed by atoms with Gasteiger partial charge < -0.3 is 0 Å². The van der Waals surface area contributed by atoms with E-state index in [-0.39, 0.29) is 0 Å². The molecule has 12 heavy (non-hydrogen) atoms. The Morgan fingerprint density at radius 2 is 2.25 bits per heavy atom. The molecule has 1 aliphatic heterocycles. The van der Waals surface area contributed by atoms with E-state index in [9.17, 15) is 8.42 Å². The lowest BCUT2D eigenvalue weighted by Crippen LogP contribution is -2.39. The first kappa shape index (κ1) is 10.7. The van der Waals surface area contributed by atoms with Crippen LogP contribution in [0.25, 0.3) is 0 Å². The van der Waals surface area contributed by atoms with Crippen molar-refractivity contribution in [3.05, 3.63) is 0 Å². The highest BCUT2D eigenvalue weighted by Crippen LogP contribution is 2.19. The topological polar surface area (TPSA) is 37.4 Å². The van der Waals surface area contributed by atoms with E-state index in [1.165, 1.54) is 12.7 Å². The second-order valence-corrected chi connectivity index (χ2v) is 6.15. The number of hydrogen-bond donors (Lipinski definition) is 0. The van der Waals surface area contributed by atoms with Gasteiger partial charge in [-0.1, -0.05) is 22.6 Å². The Balaban J connectivity index is 2.58. The third-order valence-electron chi connectivity index (χ3n) is 2.17. The van der Waals surface area contributed by atoms with E-state index in [1.807, 2.05) is 0 Å². The van der Waals surface area contributed by atoms with Crippen LogP contribution in [0.3, 0.4) is 0 Å². The quantitative estimate of drug-likeness (QED) is 0.566. The first-order chi connectivity index (χ1) is 5.54. The van der Waals surface area contributed by atoms with Gasteiger partial charge in [-0.15, -0.1) is 0 Å². The molecule has 0 N–H and O–H groups in total. The number of nitrogens with zero attached hydrogens (tertiary/aromatic N) is 1. The molecular formula is C7H14INO2S. The van der Waals surface area contributed by atoms with Gasteiger partial charge in [0.25, 0.3) is 0 Å². The van der Waals surface area contributed by atoms with Crippen LogP contribution < -0.4 is 0 Å². The van der Waals surface area contributed by atoms with Gasteiger partial charge in [-0.3, -0.25) is 0 Å². The molecule has 1 aliphatic rings. The second-order valence-electron chi connectivity index (χ2n) is 3.28. The predicted octanol–water partition coefficient (Wildman–Crippen LogP) is 1.09. The van der Waals surface area contributed by atoms with Crippen molar-refractivity contribution in [1.82, 2.24) is 4.31 Å². The lowest BCUT2D eigenvalue weighted by molar-refractivity contribution is 0.288. The van der Waals surface area contributed by atoms with E-state index in [2.05, 4.69) is 22.6 Å². The average molecular weight is 303 g/mol. The Labute approximate surface area is 87.7 Å². The van der Waals surface area contributed by atoms with Crippen LogP contribution in [-0.2, 0) is 10.0 Å².